The topological polar surface area (TPSA) is 71.6 Å². The fraction of sp³-hybridized carbons (Fsp3) is 0.105. The summed E-state index contributed by atoms with van der Waals surface area (Å²) in [4.78, 5) is 22.3. The first kappa shape index (κ1) is 17.3. The molecule has 5 nitrogen and oxygen atoms in total. The van der Waals surface area contributed by atoms with Crippen molar-refractivity contribution < 1.29 is 13.6 Å². The molecule has 0 saturated heterocycles. The van der Waals surface area contributed by atoms with Crippen molar-refractivity contribution in [1.29, 1.82) is 0 Å². The summed E-state index contributed by atoms with van der Waals surface area (Å²) >= 11 is 1.42. The first-order valence-electron chi connectivity index (χ1n) is 8.01. The van der Waals surface area contributed by atoms with Gasteiger partial charge in [-0.1, -0.05) is 6.07 Å². The monoisotopic (exact) mass is 384 g/mol. The van der Waals surface area contributed by atoms with E-state index in [9.17, 15) is 13.6 Å². The molecule has 136 valence electrons. The summed E-state index contributed by atoms with van der Waals surface area (Å²) in [6.07, 6.45) is 1.26. The minimum atomic E-state index is -1.40. The molecule has 0 radical (unpaired) electrons. The minimum Gasteiger partial charge on any atom is -0.369 e. The third-order valence-electron chi connectivity index (χ3n) is 4.60. The number of amides is 1. The van der Waals surface area contributed by atoms with Crippen LogP contribution in [0.5, 0.6) is 0 Å². The maximum Gasteiger partial charge on any atom is 0.266 e. The van der Waals surface area contributed by atoms with E-state index in [0.29, 0.717) is 16.7 Å². The number of aromatic nitrogens is 1. The Balaban J connectivity index is 1.96. The minimum absolute atomic E-state index is 0.0760. The first-order chi connectivity index (χ1) is 12.9. The second-order valence-corrected chi connectivity index (χ2v) is 6.90. The van der Waals surface area contributed by atoms with E-state index < -0.39 is 17.3 Å². The van der Waals surface area contributed by atoms with E-state index in [0.717, 1.165) is 6.07 Å². The van der Waals surface area contributed by atoms with Crippen molar-refractivity contribution in [3.63, 3.8) is 0 Å². The Labute approximate surface area is 157 Å². The summed E-state index contributed by atoms with van der Waals surface area (Å²) < 4.78 is 28.0. The number of pyridine rings is 1. The Kier molecular flexibility index (Phi) is 4.00. The molecule has 1 unspecified atom stereocenters. The predicted molar refractivity (Wildman–Crippen MR) is 99.1 cm³/mol. The predicted octanol–water partition coefficient (Wildman–Crippen LogP) is 3.12. The van der Waals surface area contributed by atoms with Gasteiger partial charge in [-0.15, -0.1) is 0 Å². The Hall–Kier alpha value is -3.13. The van der Waals surface area contributed by atoms with Crippen LogP contribution in [0.4, 0.5) is 8.78 Å². The highest BCUT2D eigenvalue weighted by Crippen LogP contribution is 2.41. The van der Waals surface area contributed by atoms with Crippen LogP contribution in [0.2, 0.25) is 0 Å². The summed E-state index contributed by atoms with van der Waals surface area (Å²) in [5, 5.41) is 3.64. The van der Waals surface area contributed by atoms with E-state index >= 15 is 0 Å². The molecule has 27 heavy (non-hydrogen) atoms. The average molecular weight is 384 g/mol. The zero-order valence-corrected chi connectivity index (χ0v) is 15.0. The van der Waals surface area contributed by atoms with Crippen LogP contribution in [0.1, 0.15) is 11.1 Å². The van der Waals surface area contributed by atoms with Gasteiger partial charge in [-0.3, -0.25) is 9.69 Å². The van der Waals surface area contributed by atoms with Gasteiger partial charge in [0.05, 0.1) is 0 Å². The maximum absolute atomic E-state index is 14.5. The van der Waals surface area contributed by atoms with Gasteiger partial charge < -0.3 is 5.73 Å². The zero-order chi connectivity index (χ0) is 19.2. The molecule has 3 heterocycles. The van der Waals surface area contributed by atoms with Gasteiger partial charge in [0, 0.05) is 30.4 Å². The molecule has 0 bridgehead atoms. The molecule has 1 amide bonds. The van der Waals surface area contributed by atoms with Crippen LogP contribution < -0.4 is 5.73 Å². The van der Waals surface area contributed by atoms with Gasteiger partial charge in [-0.2, -0.15) is 15.7 Å². The van der Waals surface area contributed by atoms with Crippen molar-refractivity contribution in [2.24, 2.45) is 10.7 Å². The average Bonchev–Trinajstić information content (AvgIpc) is 3.26. The van der Waals surface area contributed by atoms with Gasteiger partial charge in [0.15, 0.2) is 11.5 Å². The van der Waals surface area contributed by atoms with Gasteiger partial charge >= 0.3 is 0 Å². The quantitative estimate of drug-likeness (QED) is 0.706. The van der Waals surface area contributed by atoms with Crippen molar-refractivity contribution in [3.8, 4) is 11.1 Å². The number of guanidine groups is 1. The highest BCUT2D eigenvalue weighted by atomic mass is 32.1. The number of benzene rings is 1. The van der Waals surface area contributed by atoms with E-state index in [1.807, 2.05) is 10.8 Å². The second kappa shape index (κ2) is 6.24. The van der Waals surface area contributed by atoms with Crippen molar-refractivity contribution in [2.75, 3.05) is 7.05 Å². The number of carbonyl (C=O) groups excluding carboxylic acids is 1. The fourth-order valence-corrected chi connectivity index (χ4v) is 3.90. The molecule has 1 atom stereocenters. The van der Waals surface area contributed by atoms with E-state index in [1.165, 1.54) is 53.7 Å². The SMILES string of the molecule is CN1C(=O)C(c2ccsc2)(c2ccc(F)c(-c3ccnc(F)c3)c2)N=C1N. The highest BCUT2D eigenvalue weighted by Gasteiger charge is 2.49. The Morgan fingerprint density at radius 3 is 2.59 bits per heavy atom. The van der Waals surface area contributed by atoms with Crippen LogP contribution >= 0.6 is 11.3 Å². The number of likely N-dealkylation sites (N-methyl/N-ethyl adjacent to an activating group) is 1. The van der Waals surface area contributed by atoms with Gasteiger partial charge in [0.1, 0.15) is 5.82 Å². The van der Waals surface area contributed by atoms with Crippen molar-refractivity contribution in [1.82, 2.24) is 9.88 Å². The lowest BCUT2D eigenvalue weighted by Crippen LogP contribution is -2.41. The largest absolute Gasteiger partial charge is 0.369 e. The number of nitrogens with zero attached hydrogens (tertiary/aromatic N) is 3. The number of hydrogen-bond acceptors (Lipinski definition) is 5. The van der Waals surface area contributed by atoms with Crippen molar-refractivity contribution >= 4 is 23.2 Å². The number of rotatable bonds is 3. The Morgan fingerprint density at radius 1 is 1.15 bits per heavy atom. The molecular weight excluding hydrogens is 370 g/mol. The second-order valence-electron chi connectivity index (χ2n) is 6.12. The van der Waals surface area contributed by atoms with Gasteiger partial charge in [-0.05, 0) is 46.2 Å². The van der Waals surface area contributed by atoms with Gasteiger partial charge in [0.25, 0.3) is 5.91 Å². The van der Waals surface area contributed by atoms with E-state index in [2.05, 4.69) is 9.98 Å². The summed E-state index contributed by atoms with van der Waals surface area (Å²) in [6, 6.07) is 8.68. The van der Waals surface area contributed by atoms with E-state index in [1.54, 1.807) is 6.07 Å². The molecular formula is C19H14F2N4OS. The fourth-order valence-electron chi connectivity index (χ4n) is 3.20. The number of thiophene rings is 1. The Bertz CT molecular complexity index is 1070. The maximum atomic E-state index is 14.5. The van der Waals surface area contributed by atoms with Crippen LogP contribution in [-0.4, -0.2) is 28.8 Å². The van der Waals surface area contributed by atoms with Crippen LogP contribution in [0.15, 0.2) is 58.3 Å². The third-order valence-corrected chi connectivity index (χ3v) is 5.28. The van der Waals surface area contributed by atoms with E-state index in [-0.39, 0.29) is 17.4 Å². The number of aliphatic imine (C=N–C) groups is 1. The molecule has 1 aromatic carbocycles. The molecule has 8 heteroatoms. The summed E-state index contributed by atoms with van der Waals surface area (Å²) in [7, 11) is 1.54. The molecule has 0 aliphatic carbocycles. The lowest BCUT2D eigenvalue weighted by atomic mass is 9.83. The number of hydrogen-bond donors (Lipinski definition) is 1. The molecule has 2 N–H and O–H groups in total. The summed E-state index contributed by atoms with van der Waals surface area (Å²) in [5.41, 5.74) is 6.08. The van der Waals surface area contributed by atoms with Crippen molar-refractivity contribution in [2.45, 2.75) is 5.54 Å². The van der Waals surface area contributed by atoms with Crippen LogP contribution in [0, 0.1) is 11.8 Å². The van der Waals surface area contributed by atoms with Gasteiger partial charge in [0.2, 0.25) is 5.95 Å². The summed E-state index contributed by atoms with van der Waals surface area (Å²) in [5.74, 6) is -1.52. The zero-order valence-electron chi connectivity index (χ0n) is 14.2. The highest BCUT2D eigenvalue weighted by molar-refractivity contribution is 7.08. The Morgan fingerprint density at radius 2 is 1.96 bits per heavy atom. The molecule has 0 fully saturated rings. The van der Waals surface area contributed by atoms with Crippen molar-refractivity contribution in [3.05, 3.63) is 76.2 Å². The number of nitrogens with two attached hydrogens (primary N) is 1. The smallest absolute Gasteiger partial charge is 0.266 e. The van der Waals surface area contributed by atoms with Crippen LogP contribution in [0.25, 0.3) is 11.1 Å². The first-order valence-corrected chi connectivity index (χ1v) is 8.96. The third kappa shape index (κ3) is 2.60. The normalized spacial score (nSPS) is 19.4. The molecule has 4 rings (SSSR count). The molecule has 1 aliphatic heterocycles. The molecule has 2 aromatic heterocycles. The van der Waals surface area contributed by atoms with Crippen LogP contribution in [0.3, 0.4) is 0 Å². The number of halogens is 2. The molecule has 0 spiro atoms. The lowest BCUT2D eigenvalue weighted by Gasteiger charge is -2.25. The van der Waals surface area contributed by atoms with E-state index in [4.69, 9.17) is 5.73 Å². The molecule has 1 aliphatic rings. The lowest BCUT2D eigenvalue weighted by molar-refractivity contribution is -0.129. The van der Waals surface area contributed by atoms with Gasteiger partial charge in [-0.25, -0.2) is 14.4 Å². The number of carbonyl (C=O) groups is 1. The summed E-state index contributed by atoms with van der Waals surface area (Å²) in [6.45, 7) is 0. The van der Waals surface area contributed by atoms with Crippen LogP contribution in [-0.2, 0) is 10.3 Å². The standard InChI is InChI=1S/C19H14F2N4OS/c1-25-17(26)19(24-18(25)22,13-5-7-27-10-13)12-2-3-15(20)14(9-12)11-4-6-23-16(21)8-11/h2-10H,1H3,(H2,22,24). The molecule has 0 saturated carbocycles. The molecule has 3 aromatic rings.